The van der Waals surface area contributed by atoms with Crippen LogP contribution in [0.4, 0.5) is 4.79 Å². The third kappa shape index (κ3) is 3.37. The van der Waals surface area contributed by atoms with Gasteiger partial charge in [-0.3, -0.25) is 0 Å². The summed E-state index contributed by atoms with van der Waals surface area (Å²) in [5.74, 6) is 0.515. The topological polar surface area (TPSA) is 66.5 Å². The van der Waals surface area contributed by atoms with Crippen molar-refractivity contribution in [3.8, 4) is 0 Å². The molecule has 0 spiro atoms. The van der Waals surface area contributed by atoms with Gasteiger partial charge >= 0.3 is 6.03 Å². The number of urea groups is 1. The summed E-state index contributed by atoms with van der Waals surface area (Å²) in [4.78, 5) is 14.1. The summed E-state index contributed by atoms with van der Waals surface area (Å²) < 4.78 is 23.3. The highest BCUT2D eigenvalue weighted by Crippen LogP contribution is 2.37. The third-order valence-corrected chi connectivity index (χ3v) is 6.72. The summed E-state index contributed by atoms with van der Waals surface area (Å²) >= 11 is 0. The van der Waals surface area contributed by atoms with E-state index >= 15 is 0 Å². The highest BCUT2D eigenvalue weighted by molar-refractivity contribution is 7.91. The molecule has 6 heteroatoms. The van der Waals surface area contributed by atoms with Gasteiger partial charge in [0.15, 0.2) is 9.84 Å². The van der Waals surface area contributed by atoms with Gasteiger partial charge in [-0.25, -0.2) is 13.2 Å². The third-order valence-electron chi connectivity index (χ3n) is 5.13. The van der Waals surface area contributed by atoms with Crippen LogP contribution >= 0.6 is 0 Å². The molecule has 1 aromatic carbocycles. The lowest BCUT2D eigenvalue weighted by Gasteiger charge is -2.31. The largest absolute Gasteiger partial charge is 0.331 e. The molecule has 126 valence electrons. The molecule has 2 aliphatic rings. The van der Waals surface area contributed by atoms with Crippen LogP contribution in [-0.4, -0.2) is 43.9 Å². The van der Waals surface area contributed by atoms with Crippen molar-refractivity contribution in [1.29, 1.82) is 0 Å². The summed E-state index contributed by atoms with van der Waals surface area (Å²) in [7, 11) is -3.08. The van der Waals surface area contributed by atoms with Gasteiger partial charge in [0.1, 0.15) is 0 Å². The van der Waals surface area contributed by atoms with Crippen LogP contribution in [0.3, 0.4) is 0 Å². The van der Waals surface area contributed by atoms with Crippen molar-refractivity contribution in [2.45, 2.75) is 43.4 Å². The van der Waals surface area contributed by atoms with Gasteiger partial charge in [-0.15, -0.1) is 0 Å². The number of hydrogen-bond acceptors (Lipinski definition) is 3. The lowest BCUT2D eigenvalue weighted by molar-refractivity contribution is 0.203. The van der Waals surface area contributed by atoms with E-state index in [0.29, 0.717) is 25.4 Å². The Labute approximate surface area is 138 Å². The second kappa shape index (κ2) is 6.15. The van der Waals surface area contributed by atoms with Gasteiger partial charge in [-0.05, 0) is 36.3 Å². The van der Waals surface area contributed by atoms with E-state index in [0.717, 1.165) is 12.8 Å². The maximum absolute atomic E-state index is 12.5. The van der Waals surface area contributed by atoms with Crippen LogP contribution in [0.1, 0.15) is 49.3 Å². The fourth-order valence-electron chi connectivity index (χ4n) is 3.66. The number of likely N-dealkylation sites (tertiary alicyclic amines) is 1. The van der Waals surface area contributed by atoms with Crippen LogP contribution in [0.5, 0.6) is 0 Å². The molecule has 1 aliphatic carbocycles. The number of carbonyl (C=O) groups excluding carboxylic acids is 1. The number of nitrogens with one attached hydrogen (secondary N) is 1. The molecule has 0 aromatic heterocycles. The number of amides is 2. The molecule has 1 N–H and O–H groups in total. The van der Waals surface area contributed by atoms with E-state index in [4.69, 9.17) is 0 Å². The Hall–Kier alpha value is -1.56. The summed E-state index contributed by atoms with van der Waals surface area (Å²) in [6, 6.07) is 8.13. The maximum atomic E-state index is 12.5. The second-order valence-electron chi connectivity index (χ2n) is 6.80. The molecule has 2 amide bonds. The molecular formula is C17H24N2O3S. The molecule has 1 aliphatic heterocycles. The molecule has 3 atom stereocenters. The monoisotopic (exact) mass is 336 g/mol. The van der Waals surface area contributed by atoms with Crippen LogP contribution in [-0.2, 0) is 9.84 Å². The van der Waals surface area contributed by atoms with Gasteiger partial charge in [0.2, 0.25) is 0 Å². The van der Waals surface area contributed by atoms with Crippen molar-refractivity contribution < 1.29 is 13.2 Å². The zero-order valence-corrected chi connectivity index (χ0v) is 14.5. The average molecular weight is 336 g/mol. The first-order valence-electron chi connectivity index (χ1n) is 8.19. The van der Waals surface area contributed by atoms with Gasteiger partial charge in [-0.1, -0.05) is 31.2 Å². The van der Waals surface area contributed by atoms with Crippen molar-refractivity contribution in [2.24, 2.45) is 0 Å². The number of nitrogens with zero attached hydrogens (tertiary/aromatic N) is 1. The molecule has 3 rings (SSSR count). The molecule has 0 radical (unpaired) electrons. The maximum Gasteiger partial charge on any atom is 0.317 e. The van der Waals surface area contributed by atoms with Crippen LogP contribution in [0, 0.1) is 0 Å². The Kier molecular flexibility index (Phi) is 4.36. The van der Waals surface area contributed by atoms with E-state index in [2.05, 4.69) is 24.4 Å². The molecule has 0 unspecified atom stereocenters. The molecule has 1 heterocycles. The molecule has 5 nitrogen and oxygen atoms in total. The number of fused-ring (bicyclic) bond motifs is 1. The van der Waals surface area contributed by atoms with Gasteiger partial charge in [-0.2, -0.15) is 0 Å². The average Bonchev–Trinajstić information content (AvgIpc) is 3.00. The Bertz CT molecular complexity index is 702. The van der Waals surface area contributed by atoms with Crippen LogP contribution in [0.25, 0.3) is 0 Å². The number of rotatable bonds is 2. The van der Waals surface area contributed by atoms with Crippen molar-refractivity contribution in [3.05, 3.63) is 35.4 Å². The first kappa shape index (κ1) is 16.3. The number of benzene rings is 1. The molecule has 0 saturated carbocycles. The quantitative estimate of drug-likeness (QED) is 0.902. The standard InChI is InChI=1S/C17H24N2O3S/c1-12-7-8-16(15-6-4-3-5-14(12)15)18-17(20)19-10-9-13(11-19)23(2,21)22/h3-6,12-13,16H,7-11H2,1-2H3,(H,18,20)/t12-,13-,16+/m1/s1. The van der Waals surface area contributed by atoms with E-state index in [1.54, 1.807) is 4.90 Å². The highest BCUT2D eigenvalue weighted by atomic mass is 32.2. The minimum absolute atomic E-state index is 0.0205. The van der Waals surface area contributed by atoms with E-state index in [-0.39, 0.29) is 12.1 Å². The van der Waals surface area contributed by atoms with E-state index in [9.17, 15) is 13.2 Å². The van der Waals surface area contributed by atoms with Gasteiger partial charge in [0, 0.05) is 19.3 Å². The lowest BCUT2D eigenvalue weighted by Crippen LogP contribution is -2.42. The zero-order chi connectivity index (χ0) is 16.6. The first-order chi connectivity index (χ1) is 10.9. The fraction of sp³-hybridized carbons (Fsp3) is 0.588. The Morgan fingerprint density at radius 1 is 1.17 bits per heavy atom. The minimum Gasteiger partial charge on any atom is -0.331 e. The molecule has 0 bridgehead atoms. The summed E-state index contributed by atoms with van der Waals surface area (Å²) in [5, 5.41) is 2.68. The van der Waals surface area contributed by atoms with E-state index in [1.165, 1.54) is 17.4 Å². The fourth-order valence-corrected chi connectivity index (χ4v) is 4.64. The van der Waals surface area contributed by atoms with Gasteiger partial charge in [0.25, 0.3) is 0 Å². The van der Waals surface area contributed by atoms with Crippen LogP contribution in [0.2, 0.25) is 0 Å². The van der Waals surface area contributed by atoms with Crippen molar-refractivity contribution in [1.82, 2.24) is 10.2 Å². The van der Waals surface area contributed by atoms with Crippen LogP contribution < -0.4 is 5.32 Å². The highest BCUT2D eigenvalue weighted by Gasteiger charge is 2.34. The number of sulfone groups is 1. The van der Waals surface area contributed by atoms with Crippen molar-refractivity contribution in [2.75, 3.05) is 19.3 Å². The summed E-state index contributed by atoms with van der Waals surface area (Å²) in [5.41, 5.74) is 2.50. The normalized spacial score (nSPS) is 27.6. The van der Waals surface area contributed by atoms with Crippen molar-refractivity contribution >= 4 is 15.9 Å². The summed E-state index contributed by atoms with van der Waals surface area (Å²) in [6.45, 7) is 3.03. The lowest BCUT2D eigenvalue weighted by atomic mass is 9.81. The van der Waals surface area contributed by atoms with E-state index in [1.807, 2.05) is 12.1 Å². The van der Waals surface area contributed by atoms with Crippen LogP contribution in [0.15, 0.2) is 24.3 Å². The smallest absolute Gasteiger partial charge is 0.317 e. The number of hydrogen-bond donors (Lipinski definition) is 1. The minimum atomic E-state index is -3.08. The second-order valence-corrected chi connectivity index (χ2v) is 9.12. The SMILES string of the molecule is C[C@@H]1CC[C@H](NC(=O)N2CC[C@@H](S(C)(=O)=O)C2)c2ccccc21. The molecule has 1 fully saturated rings. The Morgan fingerprint density at radius 2 is 1.87 bits per heavy atom. The molecular weight excluding hydrogens is 312 g/mol. The van der Waals surface area contributed by atoms with Gasteiger partial charge < -0.3 is 10.2 Å². The Morgan fingerprint density at radius 3 is 2.52 bits per heavy atom. The van der Waals surface area contributed by atoms with E-state index < -0.39 is 15.1 Å². The predicted molar refractivity (Wildman–Crippen MR) is 90.2 cm³/mol. The van der Waals surface area contributed by atoms with Crippen molar-refractivity contribution in [3.63, 3.8) is 0 Å². The first-order valence-corrected chi connectivity index (χ1v) is 10.1. The summed E-state index contributed by atoms with van der Waals surface area (Å²) in [6.07, 6.45) is 3.75. The van der Waals surface area contributed by atoms with Gasteiger partial charge in [0.05, 0.1) is 11.3 Å². The molecule has 23 heavy (non-hydrogen) atoms. The molecule has 1 aromatic rings. The Balaban J connectivity index is 1.69. The molecule has 1 saturated heterocycles. The predicted octanol–water partition coefficient (Wildman–Crippen LogP) is 2.45. The zero-order valence-electron chi connectivity index (χ0n) is 13.7. The number of carbonyl (C=O) groups is 1.